The number of rotatable bonds is 3. The van der Waals surface area contributed by atoms with Crippen molar-refractivity contribution in [2.45, 2.75) is 0 Å². The molecule has 2 rings (SSSR count). The SMILES string of the molecule is C=CCNc1cccc2c(N)cccc12. The van der Waals surface area contributed by atoms with E-state index in [0.29, 0.717) is 0 Å². The number of nitrogens with two attached hydrogens (primary N) is 1. The van der Waals surface area contributed by atoms with Crippen molar-refractivity contribution in [3.63, 3.8) is 0 Å². The number of hydrogen-bond acceptors (Lipinski definition) is 2. The predicted molar refractivity (Wildman–Crippen MR) is 67.0 cm³/mol. The molecule has 0 aliphatic rings. The molecule has 2 heteroatoms. The second-order valence-electron chi connectivity index (χ2n) is 3.42. The van der Waals surface area contributed by atoms with Crippen LogP contribution in [0.3, 0.4) is 0 Å². The van der Waals surface area contributed by atoms with Crippen LogP contribution in [-0.4, -0.2) is 6.54 Å². The zero-order valence-electron chi connectivity index (χ0n) is 8.53. The molecule has 0 radical (unpaired) electrons. The third-order valence-corrected chi connectivity index (χ3v) is 2.39. The van der Waals surface area contributed by atoms with Gasteiger partial charge in [0.2, 0.25) is 0 Å². The van der Waals surface area contributed by atoms with E-state index in [1.165, 1.54) is 0 Å². The Kier molecular flexibility index (Phi) is 2.59. The lowest BCUT2D eigenvalue weighted by Crippen LogP contribution is -1.98. The van der Waals surface area contributed by atoms with Gasteiger partial charge in [0.05, 0.1) is 0 Å². The van der Waals surface area contributed by atoms with Gasteiger partial charge in [-0.05, 0) is 12.1 Å². The molecule has 15 heavy (non-hydrogen) atoms. The zero-order chi connectivity index (χ0) is 10.7. The summed E-state index contributed by atoms with van der Waals surface area (Å²) in [6, 6.07) is 12.0. The standard InChI is InChI=1S/C13H14N2/c1-2-9-15-13-8-4-5-10-11(13)6-3-7-12(10)14/h2-8,15H,1,9,14H2. The van der Waals surface area contributed by atoms with E-state index in [0.717, 1.165) is 28.7 Å². The van der Waals surface area contributed by atoms with Gasteiger partial charge in [-0.3, -0.25) is 0 Å². The van der Waals surface area contributed by atoms with E-state index in [1.54, 1.807) is 0 Å². The van der Waals surface area contributed by atoms with Gasteiger partial charge in [-0.2, -0.15) is 0 Å². The molecule has 0 atom stereocenters. The van der Waals surface area contributed by atoms with Crippen LogP contribution in [0.5, 0.6) is 0 Å². The van der Waals surface area contributed by atoms with Crippen LogP contribution in [0.15, 0.2) is 49.1 Å². The monoisotopic (exact) mass is 198 g/mol. The quantitative estimate of drug-likeness (QED) is 0.587. The Morgan fingerprint density at radius 1 is 1.13 bits per heavy atom. The Hall–Kier alpha value is -1.96. The van der Waals surface area contributed by atoms with Crippen LogP contribution < -0.4 is 11.1 Å². The molecule has 2 aromatic rings. The fraction of sp³-hybridized carbons (Fsp3) is 0.0769. The largest absolute Gasteiger partial charge is 0.398 e. The number of fused-ring (bicyclic) bond motifs is 1. The van der Waals surface area contributed by atoms with Crippen LogP contribution in [0.25, 0.3) is 10.8 Å². The number of anilines is 2. The summed E-state index contributed by atoms with van der Waals surface area (Å²) in [4.78, 5) is 0. The minimum Gasteiger partial charge on any atom is -0.398 e. The Morgan fingerprint density at radius 3 is 2.67 bits per heavy atom. The summed E-state index contributed by atoms with van der Waals surface area (Å²) >= 11 is 0. The minimum atomic E-state index is 0.758. The van der Waals surface area contributed by atoms with Crippen molar-refractivity contribution in [2.24, 2.45) is 0 Å². The molecule has 2 aromatic carbocycles. The molecule has 0 aliphatic heterocycles. The van der Waals surface area contributed by atoms with Crippen molar-refractivity contribution in [1.29, 1.82) is 0 Å². The topological polar surface area (TPSA) is 38.0 Å². The van der Waals surface area contributed by atoms with Crippen molar-refractivity contribution in [1.82, 2.24) is 0 Å². The second-order valence-corrected chi connectivity index (χ2v) is 3.42. The van der Waals surface area contributed by atoms with Gasteiger partial charge < -0.3 is 11.1 Å². The average Bonchev–Trinajstić information content (AvgIpc) is 2.27. The molecule has 0 bridgehead atoms. The summed E-state index contributed by atoms with van der Waals surface area (Å²) in [6.07, 6.45) is 1.84. The lowest BCUT2D eigenvalue weighted by atomic mass is 10.1. The Bertz CT molecular complexity index is 489. The highest BCUT2D eigenvalue weighted by atomic mass is 14.9. The summed E-state index contributed by atoms with van der Waals surface area (Å²) in [5.74, 6) is 0. The first-order valence-electron chi connectivity index (χ1n) is 4.95. The molecule has 0 amide bonds. The molecular weight excluding hydrogens is 184 g/mol. The highest BCUT2D eigenvalue weighted by Crippen LogP contribution is 2.27. The van der Waals surface area contributed by atoms with Crippen LogP contribution in [0, 0.1) is 0 Å². The van der Waals surface area contributed by atoms with E-state index in [-0.39, 0.29) is 0 Å². The van der Waals surface area contributed by atoms with Crippen LogP contribution in [0.1, 0.15) is 0 Å². The molecule has 76 valence electrons. The molecule has 0 saturated heterocycles. The summed E-state index contributed by atoms with van der Waals surface area (Å²) in [6.45, 7) is 4.44. The van der Waals surface area contributed by atoms with Gasteiger partial charge in [-0.15, -0.1) is 6.58 Å². The molecule has 0 heterocycles. The van der Waals surface area contributed by atoms with Crippen LogP contribution >= 0.6 is 0 Å². The molecule has 0 spiro atoms. The molecule has 3 N–H and O–H groups in total. The third kappa shape index (κ3) is 1.79. The fourth-order valence-electron chi connectivity index (χ4n) is 1.67. The molecule has 2 nitrogen and oxygen atoms in total. The average molecular weight is 198 g/mol. The third-order valence-electron chi connectivity index (χ3n) is 2.39. The van der Waals surface area contributed by atoms with E-state index in [9.17, 15) is 0 Å². The smallest absolute Gasteiger partial charge is 0.0423 e. The van der Waals surface area contributed by atoms with Gasteiger partial charge in [-0.1, -0.05) is 30.3 Å². The van der Waals surface area contributed by atoms with Crippen molar-refractivity contribution in [2.75, 3.05) is 17.6 Å². The Balaban J connectivity index is 2.55. The molecule has 0 aliphatic carbocycles. The van der Waals surface area contributed by atoms with Crippen LogP contribution in [0.4, 0.5) is 11.4 Å². The maximum absolute atomic E-state index is 5.91. The summed E-state index contributed by atoms with van der Waals surface area (Å²) in [5, 5.41) is 5.53. The number of nitrogens with one attached hydrogen (secondary N) is 1. The summed E-state index contributed by atoms with van der Waals surface area (Å²) in [7, 11) is 0. The molecule has 0 aromatic heterocycles. The number of hydrogen-bond donors (Lipinski definition) is 2. The van der Waals surface area contributed by atoms with Gasteiger partial charge >= 0.3 is 0 Å². The van der Waals surface area contributed by atoms with E-state index in [4.69, 9.17) is 5.73 Å². The van der Waals surface area contributed by atoms with E-state index < -0.39 is 0 Å². The summed E-state index contributed by atoms with van der Waals surface area (Å²) in [5.41, 5.74) is 7.82. The van der Waals surface area contributed by atoms with Crippen molar-refractivity contribution in [3.8, 4) is 0 Å². The maximum atomic E-state index is 5.91. The maximum Gasteiger partial charge on any atom is 0.0423 e. The molecule has 0 fully saturated rings. The van der Waals surface area contributed by atoms with Crippen molar-refractivity contribution < 1.29 is 0 Å². The predicted octanol–water partition coefficient (Wildman–Crippen LogP) is 3.02. The second kappa shape index (κ2) is 4.05. The van der Waals surface area contributed by atoms with Gasteiger partial charge in [0.15, 0.2) is 0 Å². The molecule has 0 unspecified atom stereocenters. The van der Waals surface area contributed by atoms with E-state index >= 15 is 0 Å². The Labute approximate surface area is 89.4 Å². The first kappa shape index (κ1) is 9.59. The highest BCUT2D eigenvalue weighted by Gasteiger charge is 2.00. The first-order valence-corrected chi connectivity index (χ1v) is 4.95. The molecule has 0 saturated carbocycles. The lowest BCUT2D eigenvalue weighted by Gasteiger charge is -2.09. The minimum absolute atomic E-state index is 0.758. The van der Waals surface area contributed by atoms with Gasteiger partial charge in [0, 0.05) is 28.7 Å². The molecular formula is C13H14N2. The summed E-state index contributed by atoms with van der Waals surface area (Å²) < 4.78 is 0. The van der Waals surface area contributed by atoms with Gasteiger partial charge in [0.25, 0.3) is 0 Å². The zero-order valence-corrected chi connectivity index (χ0v) is 8.53. The lowest BCUT2D eigenvalue weighted by molar-refractivity contribution is 1.36. The normalized spacial score (nSPS) is 10.1. The van der Waals surface area contributed by atoms with Crippen molar-refractivity contribution >= 4 is 22.1 Å². The van der Waals surface area contributed by atoms with Gasteiger partial charge in [0.1, 0.15) is 0 Å². The Morgan fingerprint density at radius 2 is 1.87 bits per heavy atom. The number of benzene rings is 2. The van der Waals surface area contributed by atoms with E-state index in [2.05, 4.69) is 18.0 Å². The van der Waals surface area contributed by atoms with Gasteiger partial charge in [-0.25, -0.2) is 0 Å². The van der Waals surface area contributed by atoms with Crippen LogP contribution in [0.2, 0.25) is 0 Å². The fourth-order valence-corrected chi connectivity index (χ4v) is 1.67. The number of nitrogen functional groups attached to an aromatic ring is 1. The van der Waals surface area contributed by atoms with E-state index in [1.807, 2.05) is 36.4 Å². The highest BCUT2D eigenvalue weighted by molar-refractivity contribution is 6.00. The first-order chi connectivity index (χ1) is 7.33. The van der Waals surface area contributed by atoms with Crippen molar-refractivity contribution in [3.05, 3.63) is 49.1 Å². The van der Waals surface area contributed by atoms with Crippen LogP contribution in [-0.2, 0) is 0 Å².